The first kappa shape index (κ1) is 23.1. The molecule has 1 unspecified atom stereocenters. The molecule has 0 saturated carbocycles. The van der Waals surface area contributed by atoms with Gasteiger partial charge in [-0.3, -0.25) is 4.79 Å². The maximum absolute atomic E-state index is 10.8. The first-order chi connectivity index (χ1) is 10.6. The predicted octanol–water partition coefficient (Wildman–Crippen LogP) is 3.78. The van der Waals surface area contributed by atoms with Gasteiger partial charge in [-0.2, -0.15) is 0 Å². The number of esters is 1. The van der Waals surface area contributed by atoms with E-state index in [1.807, 2.05) is 44.2 Å². The van der Waals surface area contributed by atoms with Crippen LogP contribution in [0.5, 0.6) is 5.75 Å². The van der Waals surface area contributed by atoms with Crippen molar-refractivity contribution in [3.8, 4) is 5.75 Å². The number of carbonyl (C=O) groups excluding carboxylic acids is 1. The first-order valence-electron chi connectivity index (χ1n) is 7.64. The molecule has 1 aromatic rings. The molecule has 1 atom stereocenters. The fourth-order valence-corrected chi connectivity index (χ4v) is 1.87. The van der Waals surface area contributed by atoms with Crippen LogP contribution in [0, 0.1) is 0 Å². The monoisotopic (exact) mass is 330 g/mol. The number of rotatable bonds is 7. The van der Waals surface area contributed by atoms with Crippen molar-refractivity contribution in [3.63, 3.8) is 0 Å². The van der Waals surface area contributed by atoms with Crippen LogP contribution in [0.4, 0.5) is 0 Å². The second-order valence-electron chi connectivity index (χ2n) is 4.08. The number of para-hydroxylation sites is 1. The van der Waals surface area contributed by atoms with Gasteiger partial charge in [-0.25, -0.2) is 0 Å². The highest BCUT2D eigenvalue weighted by Gasteiger charge is 2.07. The van der Waals surface area contributed by atoms with Crippen LogP contribution in [0.3, 0.4) is 0 Å². The molecular weight excluding hydrogens is 300 g/mol. The van der Waals surface area contributed by atoms with E-state index in [2.05, 4.69) is 18.6 Å². The van der Waals surface area contributed by atoms with Gasteiger partial charge in [0.1, 0.15) is 12.4 Å². The molecule has 5 heteroatoms. The summed E-state index contributed by atoms with van der Waals surface area (Å²) >= 11 is 1.32. The summed E-state index contributed by atoms with van der Waals surface area (Å²) in [6.45, 7) is 8.47. The zero-order valence-corrected chi connectivity index (χ0v) is 15.2. The van der Waals surface area contributed by atoms with Gasteiger partial charge in [0.2, 0.25) is 0 Å². The number of thioether (sulfide) groups is 1. The molecule has 0 aliphatic heterocycles. The molecule has 0 aliphatic carbocycles. The number of benzene rings is 1. The molecule has 0 fully saturated rings. The van der Waals surface area contributed by atoms with Gasteiger partial charge in [-0.15, -0.1) is 11.8 Å². The normalized spacial score (nSPS) is 10.3. The average molecular weight is 330 g/mol. The zero-order chi connectivity index (χ0) is 17.2. The van der Waals surface area contributed by atoms with Gasteiger partial charge in [0, 0.05) is 5.75 Å². The molecule has 1 rings (SSSR count). The highest BCUT2D eigenvalue weighted by Crippen LogP contribution is 2.10. The fourth-order valence-electron chi connectivity index (χ4n) is 1.09. The van der Waals surface area contributed by atoms with E-state index in [9.17, 15) is 9.90 Å². The summed E-state index contributed by atoms with van der Waals surface area (Å²) in [7, 11) is 1.35. The number of hydrogen-bond acceptors (Lipinski definition) is 5. The molecule has 1 N–H and O–H groups in total. The van der Waals surface area contributed by atoms with Crippen LogP contribution in [-0.4, -0.2) is 42.4 Å². The minimum absolute atomic E-state index is 0.220. The SMILES string of the molecule is CC.CCC.COC(=O)CSCC(O)COc1ccccc1. The number of carbonyl (C=O) groups is 1. The van der Waals surface area contributed by atoms with E-state index in [-0.39, 0.29) is 18.3 Å². The number of methoxy groups -OCH3 is 1. The van der Waals surface area contributed by atoms with Crippen LogP contribution in [0.15, 0.2) is 30.3 Å². The lowest BCUT2D eigenvalue weighted by molar-refractivity contribution is -0.137. The smallest absolute Gasteiger partial charge is 0.315 e. The number of aliphatic hydroxyl groups is 1. The Morgan fingerprint density at radius 3 is 2.27 bits per heavy atom. The molecule has 22 heavy (non-hydrogen) atoms. The van der Waals surface area contributed by atoms with Crippen molar-refractivity contribution < 1.29 is 19.4 Å². The van der Waals surface area contributed by atoms with Gasteiger partial charge in [0.05, 0.1) is 19.0 Å². The molecule has 0 spiro atoms. The molecular formula is C17H30O4S. The van der Waals surface area contributed by atoms with Gasteiger partial charge in [-0.05, 0) is 12.1 Å². The van der Waals surface area contributed by atoms with Gasteiger partial charge in [0.15, 0.2) is 0 Å². The van der Waals surface area contributed by atoms with Crippen LogP contribution < -0.4 is 4.74 Å². The minimum atomic E-state index is -0.593. The molecule has 1 aromatic carbocycles. The molecule has 0 bridgehead atoms. The number of hydrogen-bond donors (Lipinski definition) is 1. The lowest BCUT2D eigenvalue weighted by Crippen LogP contribution is -2.21. The molecule has 0 heterocycles. The summed E-state index contributed by atoms with van der Waals surface area (Å²) in [4.78, 5) is 10.8. The Balaban J connectivity index is 0. The highest BCUT2D eigenvalue weighted by atomic mass is 32.2. The molecule has 0 saturated heterocycles. The molecule has 0 radical (unpaired) electrons. The molecule has 4 nitrogen and oxygen atoms in total. The van der Waals surface area contributed by atoms with E-state index in [0.29, 0.717) is 5.75 Å². The first-order valence-corrected chi connectivity index (χ1v) is 8.79. The minimum Gasteiger partial charge on any atom is -0.491 e. The average Bonchev–Trinajstić information content (AvgIpc) is 2.56. The van der Waals surface area contributed by atoms with Crippen LogP contribution in [0.1, 0.15) is 34.1 Å². The Morgan fingerprint density at radius 1 is 1.23 bits per heavy atom. The lowest BCUT2D eigenvalue weighted by Gasteiger charge is -2.11. The number of aliphatic hydroxyl groups excluding tert-OH is 1. The second kappa shape index (κ2) is 17.9. The molecule has 0 aliphatic rings. The summed E-state index contributed by atoms with van der Waals surface area (Å²) < 4.78 is 9.86. The van der Waals surface area contributed by atoms with E-state index in [1.54, 1.807) is 0 Å². The third kappa shape index (κ3) is 15.2. The second-order valence-corrected chi connectivity index (χ2v) is 5.11. The Hall–Kier alpha value is -1.20. The maximum atomic E-state index is 10.8. The van der Waals surface area contributed by atoms with Crippen molar-refractivity contribution in [2.24, 2.45) is 0 Å². The van der Waals surface area contributed by atoms with E-state index in [1.165, 1.54) is 25.3 Å². The van der Waals surface area contributed by atoms with E-state index in [0.717, 1.165) is 5.75 Å². The lowest BCUT2D eigenvalue weighted by atomic mass is 10.3. The van der Waals surface area contributed by atoms with Gasteiger partial charge in [-0.1, -0.05) is 52.3 Å². The maximum Gasteiger partial charge on any atom is 0.315 e. The van der Waals surface area contributed by atoms with Crippen molar-refractivity contribution in [3.05, 3.63) is 30.3 Å². The third-order valence-electron chi connectivity index (χ3n) is 1.94. The summed E-state index contributed by atoms with van der Waals surface area (Å²) in [5, 5.41) is 9.60. The van der Waals surface area contributed by atoms with Gasteiger partial charge >= 0.3 is 5.97 Å². The quantitative estimate of drug-likeness (QED) is 0.771. The van der Waals surface area contributed by atoms with E-state index < -0.39 is 6.10 Å². The van der Waals surface area contributed by atoms with Gasteiger partial charge < -0.3 is 14.6 Å². The topological polar surface area (TPSA) is 55.8 Å². The van der Waals surface area contributed by atoms with Crippen molar-refractivity contribution in [1.29, 1.82) is 0 Å². The van der Waals surface area contributed by atoms with Crippen LogP contribution in [-0.2, 0) is 9.53 Å². The Kier molecular flexibility index (Phi) is 18.7. The van der Waals surface area contributed by atoms with E-state index >= 15 is 0 Å². The largest absolute Gasteiger partial charge is 0.491 e. The van der Waals surface area contributed by atoms with Crippen molar-refractivity contribution in [2.45, 2.75) is 40.2 Å². The molecule has 128 valence electrons. The molecule has 0 amide bonds. The summed E-state index contributed by atoms with van der Waals surface area (Å²) in [6.07, 6.45) is 0.657. The van der Waals surface area contributed by atoms with Crippen LogP contribution >= 0.6 is 11.8 Å². The number of ether oxygens (including phenoxy) is 2. The van der Waals surface area contributed by atoms with E-state index in [4.69, 9.17) is 4.74 Å². The Morgan fingerprint density at radius 2 is 1.77 bits per heavy atom. The van der Waals surface area contributed by atoms with Gasteiger partial charge in [0.25, 0.3) is 0 Å². The van der Waals surface area contributed by atoms with Crippen LogP contribution in [0.25, 0.3) is 0 Å². The third-order valence-corrected chi connectivity index (χ3v) is 3.00. The summed E-state index contributed by atoms with van der Waals surface area (Å²) in [5.41, 5.74) is 0. The van der Waals surface area contributed by atoms with Crippen LogP contribution in [0.2, 0.25) is 0 Å². The Bertz CT molecular complexity index is 344. The van der Waals surface area contributed by atoms with Crippen molar-refractivity contribution >= 4 is 17.7 Å². The predicted molar refractivity (Wildman–Crippen MR) is 94.6 cm³/mol. The van der Waals surface area contributed by atoms with Crippen molar-refractivity contribution in [1.82, 2.24) is 0 Å². The summed E-state index contributed by atoms with van der Waals surface area (Å²) in [6, 6.07) is 9.29. The Labute approximate surface area is 139 Å². The molecule has 0 aromatic heterocycles. The zero-order valence-electron chi connectivity index (χ0n) is 14.4. The van der Waals surface area contributed by atoms with Crippen molar-refractivity contribution in [2.75, 3.05) is 25.2 Å². The highest BCUT2D eigenvalue weighted by molar-refractivity contribution is 7.99. The summed E-state index contributed by atoms with van der Waals surface area (Å²) in [5.74, 6) is 1.14. The standard InChI is InChI=1S/C12H16O4S.C3H8.C2H6/c1-15-12(14)9-17-8-10(13)7-16-11-5-3-2-4-6-11;1-3-2;1-2/h2-6,10,13H,7-9H2,1H3;3H2,1-2H3;1-2H3. The fraction of sp³-hybridized carbons (Fsp3) is 0.588.